The van der Waals surface area contributed by atoms with Crippen LogP contribution >= 0.6 is 0 Å². The van der Waals surface area contributed by atoms with Crippen molar-refractivity contribution in [3.8, 4) is 0 Å². The van der Waals surface area contributed by atoms with E-state index >= 15 is 0 Å². The van der Waals surface area contributed by atoms with E-state index in [1.54, 1.807) is 29.9 Å². The molecule has 164 valence electrons. The number of likely N-dealkylation sites (tertiary alicyclic amines) is 1. The number of aromatic nitrogens is 4. The number of rotatable bonds is 7. The molecule has 0 atom stereocenters. The summed E-state index contributed by atoms with van der Waals surface area (Å²) in [5.74, 6) is 0.326. The van der Waals surface area contributed by atoms with Crippen molar-refractivity contribution in [1.82, 2.24) is 24.1 Å². The summed E-state index contributed by atoms with van der Waals surface area (Å²) in [6, 6.07) is 5.25. The number of carbonyl (C=O) groups is 1. The van der Waals surface area contributed by atoms with E-state index in [-0.39, 0.29) is 23.8 Å². The molecule has 0 radical (unpaired) electrons. The van der Waals surface area contributed by atoms with Crippen molar-refractivity contribution in [3.05, 3.63) is 46.5 Å². The minimum Gasteiger partial charge on any atom is -0.373 e. The van der Waals surface area contributed by atoms with Crippen LogP contribution in [0.3, 0.4) is 0 Å². The number of piperidine rings is 1. The smallest absolute Gasteiger partial charge is 0.274 e. The van der Waals surface area contributed by atoms with E-state index in [1.807, 2.05) is 6.07 Å². The van der Waals surface area contributed by atoms with Crippen molar-refractivity contribution in [1.29, 1.82) is 0 Å². The summed E-state index contributed by atoms with van der Waals surface area (Å²) in [4.78, 5) is 31.3. The molecule has 3 aromatic rings. The predicted molar refractivity (Wildman–Crippen MR) is 116 cm³/mol. The molecule has 1 aliphatic rings. The van der Waals surface area contributed by atoms with Crippen LogP contribution in [0.5, 0.6) is 0 Å². The lowest BCUT2D eigenvalue weighted by Crippen LogP contribution is -2.38. The molecule has 31 heavy (non-hydrogen) atoms. The van der Waals surface area contributed by atoms with Crippen LogP contribution in [0.25, 0.3) is 5.65 Å². The number of halogens is 1. The Hall–Kier alpha value is -3.47. The van der Waals surface area contributed by atoms with Gasteiger partial charge in [-0.15, -0.1) is 0 Å². The molecule has 4 heterocycles. The highest BCUT2D eigenvalue weighted by atomic mass is 19.1. The van der Waals surface area contributed by atoms with Crippen molar-refractivity contribution >= 4 is 28.9 Å². The fraction of sp³-hybridized carbons (Fsp3) is 0.400. The van der Waals surface area contributed by atoms with Crippen LogP contribution in [-0.4, -0.2) is 63.3 Å². The number of carbonyl (C=O) groups excluding carboxylic acids is 1. The summed E-state index contributed by atoms with van der Waals surface area (Å²) >= 11 is 0. The third-order valence-corrected chi connectivity index (χ3v) is 5.58. The Labute approximate surface area is 177 Å². The van der Waals surface area contributed by atoms with Gasteiger partial charge in [0.1, 0.15) is 29.6 Å². The van der Waals surface area contributed by atoms with Crippen molar-refractivity contribution in [2.75, 3.05) is 44.0 Å². The highest BCUT2D eigenvalue weighted by molar-refractivity contribution is 5.98. The van der Waals surface area contributed by atoms with Gasteiger partial charge in [0, 0.05) is 45.0 Å². The lowest BCUT2D eigenvalue weighted by atomic mass is 10.0. The SMILES string of the molecule is CNc1cc(Nc2cccn(C3CCN(CCF)CC3)c2=O)nc2c(C(N)=O)cnn12. The second-order valence-corrected chi connectivity index (χ2v) is 7.46. The van der Waals surface area contributed by atoms with E-state index in [4.69, 9.17) is 5.73 Å². The Kier molecular flexibility index (Phi) is 5.85. The number of primary amides is 1. The summed E-state index contributed by atoms with van der Waals surface area (Å²) in [5.41, 5.74) is 6.10. The Morgan fingerprint density at radius 2 is 2.13 bits per heavy atom. The average Bonchev–Trinajstić information content (AvgIpc) is 3.20. The summed E-state index contributed by atoms with van der Waals surface area (Å²) < 4.78 is 15.8. The number of amides is 1. The largest absolute Gasteiger partial charge is 0.373 e. The molecule has 0 spiro atoms. The average molecular weight is 428 g/mol. The van der Waals surface area contributed by atoms with Crippen molar-refractivity contribution < 1.29 is 9.18 Å². The molecule has 1 saturated heterocycles. The molecular weight excluding hydrogens is 403 g/mol. The number of nitrogens with zero attached hydrogens (tertiary/aromatic N) is 5. The van der Waals surface area contributed by atoms with E-state index in [1.165, 1.54) is 10.7 Å². The monoisotopic (exact) mass is 428 g/mol. The van der Waals surface area contributed by atoms with Crippen molar-refractivity contribution in [3.63, 3.8) is 0 Å². The molecule has 1 aliphatic heterocycles. The van der Waals surface area contributed by atoms with E-state index in [9.17, 15) is 14.0 Å². The van der Waals surface area contributed by atoms with Crippen LogP contribution in [0.1, 0.15) is 29.2 Å². The minimum absolute atomic E-state index is 0.0599. The summed E-state index contributed by atoms with van der Waals surface area (Å²) in [7, 11) is 1.72. The lowest BCUT2D eigenvalue weighted by molar-refractivity contribution is 0.100. The number of nitrogens with one attached hydrogen (secondary N) is 2. The number of hydrogen-bond donors (Lipinski definition) is 3. The Bertz CT molecular complexity index is 1150. The van der Waals surface area contributed by atoms with Gasteiger partial charge in [-0.3, -0.25) is 9.59 Å². The summed E-state index contributed by atoms with van der Waals surface area (Å²) in [5, 5.41) is 10.2. The molecule has 1 fully saturated rings. The van der Waals surface area contributed by atoms with Gasteiger partial charge in [0.2, 0.25) is 0 Å². The molecule has 10 nitrogen and oxygen atoms in total. The molecule has 0 bridgehead atoms. The van der Waals surface area contributed by atoms with Crippen molar-refractivity contribution in [2.24, 2.45) is 5.73 Å². The van der Waals surface area contributed by atoms with Gasteiger partial charge in [-0.1, -0.05) is 0 Å². The third-order valence-electron chi connectivity index (χ3n) is 5.58. The highest BCUT2D eigenvalue weighted by Gasteiger charge is 2.22. The van der Waals surface area contributed by atoms with E-state index in [0.29, 0.717) is 29.5 Å². The van der Waals surface area contributed by atoms with E-state index in [2.05, 4.69) is 25.6 Å². The number of alkyl halides is 1. The molecule has 11 heteroatoms. The number of anilines is 3. The molecule has 0 aromatic carbocycles. The summed E-state index contributed by atoms with van der Waals surface area (Å²) in [6.45, 7) is 1.61. The van der Waals surface area contributed by atoms with Gasteiger partial charge in [-0.25, -0.2) is 9.37 Å². The second-order valence-electron chi connectivity index (χ2n) is 7.46. The van der Waals surface area contributed by atoms with Gasteiger partial charge in [0.15, 0.2) is 5.65 Å². The zero-order valence-corrected chi connectivity index (χ0v) is 17.2. The topological polar surface area (TPSA) is 123 Å². The van der Waals surface area contributed by atoms with E-state index in [0.717, 1.165) is 25.9 Å². The van der Waals surface area contributed by atoms with Crippen LogP contribution in [0, 0.1) is 0 Å². The maximum Gasteiger partial charge on any atom is 0.274 e. The third kappa shape index (κ3) is 4.08. The maximum atomic E-state index is 13.1. The molecule has 3 aromatic heterocycles. The Morgan fingerprint density at radius 3 is 2.81 bits per heavy atom. The first-order valence-electron chi connectivity index (χ1n) is 10.1. The van der Waals surface area contributed by atoms with Crippen LogP contribution in [0.15, 0.2) is 35.4 Å². The summed E-state index contributed by atoms with van der Waals surface area (Å²) in [6.07, 6.45) is 4.71. The highest BCUT2D eigenvalue weighted by Crippen LogP contribution is 2.23. The fourth-order valence-corrected chi connectivity index (χ4v) is 3.95. The molecular formula is C20H25FN8O2. The Balaban J connectivity index is 1.62. The molecule has 0 aliphatic carbocycles. The Morgan fingerprint density at radius 1 is 1.35 bits per heavy atom. The first kappa shape index (κ1) is 20.8. The zero-order valence-electron chi connectivity index (χ0n) is 17.2. The number of fused-ring (bicyclic) bond motifs is 1. The van der Waals surface area contributed by atoms with Crippen LogP contribution in [0.4, 0.5) is 21.7 Å². The maximum absolute atomic E-state index is 13.1. The predicted octanol–water partition coefficient (Wildman–Crippen LogP) is 1.38. The van der Waals surface area contributed by atoms with Gasteiger partial charge in [-0.2, -0.15) is 9.61 Å². The molecule has 0 saturated carbocycles. The van der Waals surface area contributed by atoms with E-state index < -0.39 is 5.91 Å². The number of pyridine rings is 1. The van der Waals surface area contributed by atoms with Gasteiger partial charge in [0.25, 0.3) is 11.5 Å². The number of nitrogens with two attached hydrogens (primary N) is 1. The molecule has 4 N–H and O–H groups in total. The first-order valence-corrected chi connectivity index (χ1v) is 10.1. The van der Waals surface area contributed by atoms with Crippen LogP contribution in [-0.2, 0) is 0 Å². The fourth-order valence-electron chi connectivity index (χ4n) is 3.95. The van der Waals surface area contributed by atoms with Gasteiger partial charge in [-0.05, 0) is 25.0 Å². The van der Waals surface area contributed by atoms with Crippen molar-refractivity contribution in [2.45, 2.75) is 18.9 Å². The lowest BCUT2D eigenvalue weighted by Gasteiger charge is -2.32. The van der Waals surface area contributed by atoms with Gasteiger partial charge in [0.05, 0.1) is 6.20 Å². The quantitative estimate of drug-likeness (QED) is 0.520. The normalized spacial score (nSPS) is 15.3. The van der Waals surface area contributed by atoms with Crippen LogP contribution < -0.4 is 21.9 Å². The zero-order chi connectivity index (χ0) is 22.0. The number of hydrogen-bond acceptors (Lipinski definition) is 7. The van der Waals surface area contributed by atoms with Gasteiger partial charge >= 0.3 is 0 Å². The second kappa shape index (κ2) is 8.72. The molecule has 0 unspecified atom stereocenters. The molecule has 1 amide bonds. The minimum atomic E-state index is -0.636. The standard InChI is InChI=1S/C20H25FN8O2/c1-23-17-11-16(26-19-14(18(22)30)12-24-29(17)19)25-15-3-2-7-28(20(15)31)13-4-8-27(9-5-13)10-6-21/h2-3,7,11-13,23H,4-6,8-10H2,1H3,(H2,22,30)(H,25,26). The van der Waals surface area contributed by atoms with Crippen LogP contribution in [0.2, 0.25) is 0 Å². The first-order chi connectivity index (χ1) is 15.0. The van der Waals surface area contributed by atoms with Gasteiger partial charge < -0.3 is 25.8 Å². The molecule has 4 rings (SSSR count).